The molecule has 0 saturated heterocycles. The van der Waals surface area contributed by atoms with Crippen molar-refractivity contribution in [2.45, 2.75) is 70.1 Å². The highest BCUT2D eigenvalue weighted by molar-refractivity contribution is 8.00. The first-order valence-electron chi connectivity index (χ1n) is 7.23. The second kappa shape index (κ2) is 5.88. The molecule has 0 fully saturated rings. The zero-order chi connectivity index (χ0) is 14.8. The van der Waals surface area contributed by atoms with Gasteiger partial charge in [-0.1, -0.05) is 52.8 Å². The molecule has 0 aliphatic carbocycles. The number of aliphatic hydroxyl groups is 1. The standard InChI is InChI=1S/C15H22OS.C2H6/c1-10-11-8-6-7-9-12(11)17-15(4,5)14(2,3)13(10)16;1-2/h6-10,13,16H,1-5H3;1-2H3/t10-,13-;/m1./s1. The minimum atomic E-state index is -0.311. The molecule has 108 valence electrons. The van der Waals surface area contributed by atoms with Crippen LogP contribution in [0.25, 0.3) is 0 Å². The van der Waals surface area contributed by atoms with Gasteiger partial charge in [0.25, 0.3) is 0 Å². The molecule has 2 heteroatoms. The number of rotatable bonds is 0. The molecule has 2 atom stereocenters. The van der Waals surface area contributed by atoms with Gasteiger partial charge in [0, 0.05) is 21.0 Å². The van der Waals surface area contributed by atoms with Crippen molar-refractivity contribution in [2.24, 2.45) is 5.41 Å². The SMILES string of the molecule is CC.C[C@@H]1c2ccccc2SC(C)(C)C(C)(C)[C@@H]1O. The Morgan fingerprint density at radius 2 is 1.58 bits per heavy atom. The Bertz CT molecular complexity index is 423. The van der Waals surface area contributed by atoms with Crippen LogP contribution in [-0.4, -0.2) is 16.0 Å². The molecule has 0 spiro atoms. The lowest BCUT2D eigenvalue weighted by Gasteiger charge is -2.43. The summed E-state index contributed by atoms with van der Waals surface area (Å²) in [6.45, 7) is 14.9. The van der Waals surface area contributed by atoms with Gasteiger partial charge in [0.2, 0.25) is 0 Å². The van der Waals surface area contributed by atoms with E-state index in [4.69, 9.17) is 0 Å². The van der Waals surface area contributed by atoms with Crippen molar-refractivity contribution in [1.29, 1.82) is 0 Å². The fourth-order valence-electron chi connectivity index (χ4n) is 2.51. The molecule has 0 aromatic heterocycles. The van der Waals surface area contributed by atoms with Gasteiger partial charge in [0.05, 0.1) is 6.10 Å². The maximum Gasteiger partial charge on any atom is 0.0670 e. The van der Waals surface area contributed by atoms with Crippen LogP contribution in [0.4, 0.5) is 0 Å². The van der Waals surface area contributed by atoms with E-state index in [1.165, 1.54) is 10.5 Å². The minimum Gasteiger partial charge on any atom is -0.392 e. The Kier molecular flexibility index (Phi) is 5.14. The van der Waals surface area contributed by atoms with Crippen molar-refractivity contribution in [2.75, 3.05) is 0 Å². The molecule has 0 unspecified atom stereocenters. The quantitative estimate of drug-likeness (QED) is 0.714. The van der Waals surface area contributed by atoms with Gasteiger partial charge in [-0.2, -0.15) is 0 Å². The van der Waals surface area contributed by atoms with E-state index in [0.29, 0.717) is 0 Å². The number of benzene rings is 1. The number of thioether (sulfide) groups is 1. The highest BCUT2D eigenvalue weighted by Crippen LogP contribution is 2.54. The third-order valence-electron chi connectivity index (χ3n) is 4.54. The third-order valence-corrected chi connectivity index (χ3v) is 6.17. The van der Waals surface area contributed by atoms with E-state index in [-0.39, 0.29) is 22.2 Å². The van der Waals surface area contributed by atoms with Crippen LogP contribution in [-0.2, 0) is 0 Å². The van der Waals surface area contributed by atoms with Crippen molar-refractivity contribution in [3.63, 3.8) is 0 Å². The highest BCUT2D eigenvalue weighted by atomic mass is 32.2. The Balaban J connectivity index is 0.000000861. The molecule has 1 aromatic rings. The molecule has 1 aromatic carbocycles. The fourth-order valence-corrected chi connectivity index (χ4v) is 3.96. The van der Waals surface area contributed by atoms with Crippen LogP contribution >= 0.6 is 11.8 Å². The van der Waals surface area contributed by atoms with Crippen molar-refractivity contribution < 1.29 is 5.11 Å². The van der Waals surface area contributed by atoms with E-state index in [1.807, 2.05) is 25.6 Å². The molecule has 2 rings (SSSR count). The number of hydrogen-bond donors (Lipinski definition) is 1. The number of fused-ring (bicyclic) bond motifs is 1. The molecule has 1 aliphatic rings. The number of aliphatic hydroxyl groups excluding tert-OH is 1. The molecule has 0 bridgehead atoms. The van der Waals surface area contributed by atoms with Gasteiger partial charge in [-0.25, -0.2) is 0 Å². The van der Waals surface area contributed by atoms with Gasteiger partial charge in [-0.3, -0.25) is 0 Å². The van der Waals surface area contributed by atoms with E-state index < -0.39 is 0 Å². The van der Waals surface area contributed by atoms with Crippen molar-refractivity contribution in [3.05, 3.63) is 29.8 Å². The van der Waals surface area contributed by atoms with Gasteiger partial charge >= 0.3 is 0 Å². The Morgan fingerprint density at radius 3 is 2.16 bits per heavy atom. The largest absolute Gasteiger partial charge is 0.392 e. The summed E-state index contributed by atoms with van der Waals surface area (Å²) in [4.78, 5) is 1.31. The van der Waals surface area contributed by atoms with Crippen molar-refractivity contribution >= 4 is 11.8 Å². The maximum atomic E-state index is 10.7. The molecular weight excluding hydrogens is 252 g/mol. The summed E-state index contributed by atoms with van der Waals surface area (Å²) in [6.07, 6.45) is -0.311. The first kappa shape index (κ1) is 16.6. The fraction of sp³-hybridized carbons (Fsp3) is 0.647. The van der Waals surface area contributed by atoms with Crippen LogP contribution < -0.4 is 0 Å². The van der Waals surface area contributed by atoms with Gasteiger partial charge in [-0.15, -0.1) is 11.8 Å². The molecule has 1 N–H and O–H groups in total. The zero-order valence-corrected chi connectivity index (χ0v) is 14.1. The summed E-state index contributed by atoms with van der Waals surface area (Å²) in [5.41, 5.74) is 1.17. The van der Waals surface area contributed by atoms with E-state index in [1.54, 1.807) is 0 Å². The Morgan fingerprint density at radius 1 is 1.05 bits per heavy atom. The third kappa shape index (κ3) is 2.85. The molecule has 19 heavy (non-hydrogen) atoms. The average molecular weight is 280 g/mol. The minimum absolute atomic E-state index is 0.0211. The monoisotopic (exact) mass is 280 g/mol. The van der Waals surface area contributed by atoms with Crippen molar-refractivity contribution in [3.8, 4) is 0 Å². The number of hydrogen-bond acceptors (Lipinski definition) is 2. The Labute approximate surface area is 122 Å². The molecule has 0 saturated carbocycles. The lowest BCUT2D eigenvalue weighted by Crippen LogP contribution is -2.46. The van der Waals surface area contributed by atoms with Crippen LogP contribution in [0.1, 0.15) is 59.9 Å². The lowest BCUT2D eigenvalue weighted by molar-refractivity contribution is 0.0138. The smallest absolute Gasteiger partial charge is 0.0670 e. The van der Waals surface area contributed by atoms with Crippen LogP contribution in [0.15, 0.2) is 29.2 Å². The van der Waals surface area contributed by atoms with Crippen molar-refractivity contribution in [1.82, 2.24) is 0 Å². The van der Waals surface area contributed by atoms with Crippen LogP contribution in [0.2, 0.25) is 0 Å². The van der Waals surface area contributed by atoms with Gasteiger partial charge in [0.15, 0.2) is 0 Å². The summed E-state index contributed by atoms with van der Waals surface area (Å²) in [5, 5.41) is 10.7. The maximum absolute atomic E-state index is 10.7. The summed E-state index contributed by atoms with van der Waals surface area (Å²) in [6, 6.07) is 8.47. The average Bonchev–Trinajstić information content (AvgIpc) is 2.43. The highest BCUT2D eigenvalue weighted by Gasteiger charge is 2.48. The predicted molar refractivity (Wildman–Crippen MR) is 85.9 cm³/mol. The van der Waals surface area contributed by atoms with Crippen LogP contribution in [0.5, 0.6) is 0 Å². The second-order valence-corrected chi connectivity index (χ2v) is 7.77. The molecule has 1 aliphatic heterocycles. The predicted octanol–water partition coefficient (Wildman–Crippen LogP) is 5.09. The van der Waals surface area contributed by atoms with E-state index >= 15 is 0 Å². The molecule has 1 heterocycles. The zero-order valence-electron chi connectivity index (χ0n) is 13.3. The van der Waals surface area contributed by atoms with E-state index in [9.17, 15) is 5.11 Å². The van der Waals surface area contributed by atoms with E-state index in [0.717, 1.165) is 0 Å². The molecule has 0 radical (unpaired) electrons. The second-order valence-electron chi connectivity index (χ2n) is 6.11. The molecular formula is C17H28OS. The molecule has 0 amide bonds. The summed E-state index contributed by atoms with van der Waals surface area (Å²) in [7, 11) is 0. The first-order valence-corrected chi connectivity index (χ1v) is 8.05. The molecule has 1 nitrogen and oxygen atoms in total. The summed E-state index contributed by atoms with van der Waals surface area (Å²) < 4.78 is 0.0211. The van der Waals surface area contributed by atoms with Gasteiger partial charge in [0.1, 0.15) is 0 Å². The van der Waals surface area contributed by atoms with Crippen LogP contribution in [0, 0.1) is 5.41 Å². The summed E-state index contributed by atoms with van der Waals surface area (Å²) >= 11 is 1.89. The lowest BCUT2D eigenvalue weighted by atomic mass is 9.70. The summed E-state index contributed by atoms with van der Waals surface area (Å²) in [5.74, 6) is 0.190. The van der Waals surface area contributed by atoms with Gasteiger partial charge < -0.3 is 5.11 Å². The Hall–Kier alpha value is -0.470. The van der Waals surface area contributed by atoms with Crippen LogP contribution in [0.3, 0.4) is 0 Å². The van der Waals surface area contributed by atoms with E-state index in [2.05, 4.69) is 58.9 Å². The normalized spacial score (nSPS) is 27.6. The first-order chi connectivity index (χ1) is 8.77. The topological polar surface area (TPSA) is 20.2 Å². The van der Waals surface area contributed by atoms with Gasteiger partial charge in [-0.05, 0) is 25.5 Å².